The standard InChI is InChI=1S/C27H25ClFN3O5S/c1-15(16-10-12-17(13-11-16)37-14-19-20(28)7-5-8-21(19)29)31-32-25(34)24(33)30-26-23(27(35)36-2)18-6-3-4-9-22(18)38-26/h5,7-8,10-13H,3-4,6,9,14H2,1-2H3,(H,30,33)(H,32,34). The molecule has 1 aliphatic carbocycles. The van der Waals surface area contributed by atoms with Crippen molar-refractivity contribution in [3.63, 3.8) is 0 Å². The van der Waals surface area contributed by atoms with E-state index in [9.17, 15) is 18.8 Å². The predicted molar refractivity (Wildman–Crippen MR) is 143 cm³/mol. The van der Waals surface area contributed by atoms with Gasteiger partial charge in [-0.05, 0) is 80.1 Å². The molecule has 0 spiro atoms. The van der Waals surface area contributed by atoms with Gasteiger partial charge < -0.3 is 14.8 Å². The van der Waals surface area contributed by atoms with Crippen LogP contribution in [0.25, 0.3) is 0 Å². The van der Waals surface area contributed by atoms with Gasteiger partial charge in [0, 0.05) is 10.4 Å². The van der Waals surface area contributed by atoms with Crippen molar-refractivity contribution in [2.45, 2.75) is 39.2 Å². The number of halogens is 2. The molecule has 11 heteroatoms. The maximum atomic E-state index is 13.9. The number of anilines is 1. The number of fused-ring (bicyclic) bond motifs is 1. The maximum Gasteiger partial charge on any atom is 0.341 e. The zero-order valence-electron chi connectivity index (χ0n) is 20.7. The van der Waals surface area contributed by atoms with Gasteiger partial charge in [0.1, 0.15) is 23.2 Å². The zero-order chi connectivity index (χ0) is 27.2. The Morgan fingerprint density at radius 3 is 2.53 bits per heavy atom. The molecule has 0 atom stereocenters. The Balaban J connectivity index is 1.36. The summed E-state index contributed by atoms with van der Waals surface area (Å²) in [6.07, 6.45) is 3.49. The van der Waals surface area contributed by atoms with Crippen molar-refractivity contribution >= 4 is 51.4 Å². The molecule has 3 aromatic rings. The van der Waals surface area contributed by atoms with E-state index in [4.69, 9.17) is 21.1 Å². The van der Waals surface area contributed by atoms with Gasteiger partial charge in [-0.3, -0.25) is 9.59 Å². The number of carbonyl (C=O) groups is 3. The summed E-state index contributed by atoms with van der Waals surface area (Å²) in [5.74, 6) is -2.42. The molecule has 4 rings (SSSR count). The van der Waals surface area contributed by atoms with Gasteiger partial charge in [-0.15, -0.1) is 11.3 Å². The van der Waals surface area contributed by atoms with Crippen LogP contribution in [-0.2, 0) is 33.8 Å². The van der Waals surface area contributed by atoms with Gasteiger partial charge in [0.2, 0.25) is 0 Å². The fourth-order valence-corrected chi connectivity index (χ4v) is 5.49. The summed E-state index contributed by atoms with van der Waals surface area (Å²) in [5, 5.41) is 7.12. The summed E-state index contributed by atoms with van der Waals surface area (Å²) in [5.41, 5.74) is 4.80. The van der Waals surface area contributed by atoms with E-state index in [0.29, 0.717) is 27.6 Å². The molecule has 1 aliphatic rings. The molecule has 1 heterocycles. The average Bonchev–Trinajstić information content (AvgIpc) is 3.28. The molecule has 2 N–H and O–H groups in total. The van der Waals surface area contributed by atoms with Gasteiger partial charge in [0.05, 0.1) is 23.4 Å². The van der Waals surface area contributed by atoms with E-state index in [1.807, 2.05) is 0 Å². The topological polar surface area (TPSA) is 106 Å². The Labute approximate surface area is 227 Å². The molecule has 38 heavy (non-hydrogen) atoms. The van der Waals surface area contributed by atoms with Crippen molar-refractivity contribution in [2.24, 2.45) is 5.10 Å². The van der Waals surface area contributed by atoms with Gasteiger partial charge in [0.15, 0.2) is 0 Å². The number of carbonyl (C=O) groups excluding carboxylic acids is 3. The van der Waals surface area contributed by atoms with E-state index in [0.717, 1.165) is 36.1 Å². The van der Waals surface area contributed by atoms with Crippen LogP contribution in [0.4, 0.5) is 9.39 Å². The van der Waals surface area contributed by atoms with E-state index in [1.165, 1.54) is 30.6 Å². The van der Waals surface area contributed by atoms with Gasteiger partial charge in [0.25, 0.3) is 0 Å². The number of hydrazone groups is 1. The van der Waals surface area contributed by atoms with Gasteiger partial charge in [-0.25, -0.2) is 14.6 Å². The number of amides is 2. The summed E-state index contributed by atoms with van der Waals surface area (Å²) in [6.45, 7) is 1.63. The van der Waals surface area contributed by atoms with Gasteiger partial charge in [-0.2, -0.15) is 5.10 Å². The third kappa shape index (κ3) is 6.20. The Hall–Kier alpha value is -3.76. The van der Waals surface area contributed by atoms with Crippen LogP contribution in [-0.4, -0.2) is 30.6 Å². The lowest BCUT2D eigenvalue weighted by Crippen LogP contribution is -2.33. The molecule has 0 bridgehead atoms. The molecule has 0 radical (unpaired) electrons. The fraction of sp³-hybridized carbons (Fsp3) is 0.259. The zero-order valence-corrected chi connectivity index (χ0v) is 22.3. The van der Waals surface area contributed by atoms with Crippen molar-refractivity contribution in [1.82, 2.24) is 5.43 Å². The maximum absolute atomic E-state index is 13.9. The quantitative estimate of drug-likeness (QED) is 0.178. The lowest BCUT2D eigenvalue weighted by Gasteiger charge is -2.11. The molecule has 0 unspecified atom stereocenters. The summed E-state index contributed by atoms with van der Waals surface area (Å²) in [4.78, 5) is 38.3. The number of hydrogen-bond acceptors (Lipinski definition) is 7. The Bertz CT molecular complexity index is 1380. The molecule has 0 saturated heterocycles. The van der Waals surface area contributed by atoms with Crippen LogP contribution >= 0.6 is 22.9 Å². The first kappa shape index (κ1) is 27.3. The van der Waals surface area contributed by atoms with Gasteiger partial charge in [-0.1, -0.05) is 17.7 Å². The smallest absolute Gasteiger partial charge is 0.341 e. The molecule has 0 fully saturated rings. The highest BCUT2D eigenvalue weighted by atomic mass is 35.5. The average molecular weight is 558 g/mol. The first-order valence-electron chi connectivity index (χ1n) is 11.8. The molecular weight excluding hydrogens is 533 g/mol. The number of hydrogen-bond donors (Lipinski definition) is 2. The SMILES string of the molecule is COC(=O)c1c(NC(=O)C(=O)NN=C(C)c2ccc(OCc3c(F)cccc3Cl)cc2)sc2c1CCCC2. The second-order valence-corrected chi connectivity index (χ2v) is 10.0. The van der Waals surface area contributed by atoms with E-state index in [2.05, 4.69) is 15.8 Å². The van der Waals surface area contributed by atoms with Crippen molar-refractivity contribution in [3.05, 3.63) is 80.4 Å². The van der Waals surface area contributed by atoms with Crippen LogP contribution in [0.15, 0.2) is 47.6 Å². The number of thiophene rings is 1. The monoisotopic (exact) mass is 557 g/mol. The van der Waals surface area contributed by atoms with Gasteiger partial charge >= 0.3 is 17.8 Å². The van der Waals surface area contributed by atoms with Crippen molar-refractivity contribution in [1.29, 1.82) is 0 Å². The van der Waals surface area contributed by atoms with Crippen LogP contribution < -0.4 is 15.5 Å². The minimum atomic E-state index is -0.978. The number of benzene rings is 2. The minimum Gasteiger partial charge on any atom is -0.489 e. The van der Waals surface area contributed by atoms with Crippen LogP contribution in [0.1, 0.15) is 51.7 Å². The van der Waals surface area contributed by atoms with Crippen molar-refractivity contribution < 1.29 is 28.2 Å². The first-order valence-corrected chi connectivity index (χ1v) is 13.0. The third-order valence-corrected chi connectivity index (χ3v) is 7.60. The Morgan fingerprint density at radius 2 is 1.82 bits per heavy atom. The summed E-state index contributed by atoms with van der Waals surface area (Å²) >= 11 is 7.31. The number of nitrogens with one attached hydrogen (secondary N) is 2. The molecule has 0 saturated carbocycles. The normalized spacial score (nSPS) is 12.9. The Morgan fingerprint density at radius 1 is 1.08 bits per heavy atom. The summed E-state index contributed by atoms with van der Waals surface area (Å²) in [6, 6.07) is 11.2. The Kier molecular flexibility index (Phi) is 8.75. The third-order valence-electron chi connectivity index (χ3n) is 6.04. The highest BCUT2D eigenvalue weighted by Gasteiger charge is 2.28. The molecule has 2 aromatic carbocycles. The van der Waals surface area contributed by atoms with Crippen LogP contribution in [0.5, 0.6) is 5.75 Å². The highest BCUT2D eigenvalue weighted by Crippen LogP contribution is 2.38. The number of nitrogens with zero attached hydrogens (tertiary/aromatic N) is 1. The number of ether oxygens (including phenoxy) is 2. The predicted octanol–water partition coefficient (Wildman–Crippen LogP) is 5.26. The lowest BCUT2D eigenvalue weighted by atomic mass is 9.95. The molecular formula is C27H25ClFN3O5S. The number of methoxy groups -OCH3 is 1. The molecule has 1 aromatic heterocycles. The number of rotatable bonds is 7. The summed E-state index contributed by atoms with van der Waals surface area (Å²) < 4.78 is 24.4. The molecule has 198 valence electrons. The minimum absolute atomic E-state index is 0.0337. The van der Waals surface area contributed by atoms with E-state index >= 15 is 0 Å². The molecule has 2 amide bonds. The van der Waals surface area contributed by atoms with Crippen LogP contribution in [0.3, 0.4) is 0 Å². The van der Waals surface area contributed by atoms with Crippen molar-refractivity contribution in [3.8, 4) is 5.75 Å². The second kappa shape index (κ2) is 12.2. The lowest BCUT2D eigenvalue weighted by molar-refractivity contribution is -0.136. The number of aryl methyl sites for hydroxylation is 1. The number of esters is 1. The van der Waals surface area contributed by atoms with E-state index < -0.39 is 23.6 Å². The second-order valence-electron chi connectivity index (χ2n) is 8.51. The van der Waals surface area contributed by atoms with Crippen LogP contribution in [0, 0.1) is 5.82 Å². The van der Waals surface area contributed by atoms with Crippen molar-refractivity contribution in [2.75, 3.05) is 12.4 Å². The summed E-state index contributed by atoms with van der Waals surface area (Å²) in [7, 11) is 1.28. The fourth-order valence-electron chi connectivity index (χ4n) is 4.00. The van der Waals surface area contributed by atoms with E-state index in [-0.39, 0.29) is 17.2 Å². The molecule has 0 aliphatic heterocycles. The first-order chi connectivity index (χ1) is 18.3. The largest absolute Gasteiger partial charge is 0.489 e. The van der Waals surface area contributed by atoms with E-state index in [1.54, 1.807) is 37.3 Å². The molecule has 8 nitrogen and oxygen atoms in total. The highest BCUT2D eigenvalue weighted by molar-refractivity contribution is 7.17. The van der Waals surface area contributed by atoms with Crippen LogP contribution in [0.2, 0.25) is 5.02 Å².